The number of H-pyrrole nitrogens is 2. The summed E-state index contributed by atoms with van der Waals surface area (Å²) >= 11 is 6.44. The number of aromatic amines is 2. The molecule has 1 aliphatic heterocycles. The number of imidazole rings is 1. The molecule has 1 unspecified atom stereocenters. The van der Waals surface area contributed by atoms with Crippen LogP contribution in [-0.2, 0) is 6.42 Å². The molecule has 1 aliphatic rings. The quantitative estimate of drug-likeness (QED) is 0.380. The fourth-order valence-electron chi connectivity index (χ4n) is 4.62. The lowest BCUT2D eigenvalue weighted by Crippen LogP contribution is -2.19. The first-order valence-electron chi connectivity index (χ1n) is 11.3. The zero-order chi connectivity index (χ0) is 22.9. The van der Waals surface area contributed by atoms with Gasteiger partial charge in [0.1, 0.15) is 11.7 Å². The lowest BCUT2D eigenvalue weighted by Gasteiger charge is -2.18. The van der Waals surface area contributed by atoms with E-state index in [1.165, 1.54) is 0 Å². The topological polar surface area (TPSA) is 85.9 Å². The summed E-state index contributed by atoms with van der Waals surface area (Å²) < 4.78 is 0. The van der Waals surface area contributed by atoms with Crippen molar-refractivity contribution in [3.05, 3.63) is 86.3 Å². The van der Waals surface area contributed by atoms with E-state index in [1.807, 2.05) is 43.3 Å². The van der Waals surface area contributed by atoms with Crippen molar-refractivity contribution < 1.29 is 0 Å². The van der Waals surface area contributed by atoms with Crippen LogP contribution in [0.5, 0.6) is 0 Å². The molecular weight excluding hydrogens is 434 g/mol. The van der Waals surface area contributed by atoms with Crippen LogP contribution < -0.4 is 10.9 Å². The first-order valence-corrected chi connectivity index (χ1v) is 11.7. The molecule has 0 saturated heterocycles. The van der Waals surface area contributed by atoms with E-state index >= 15 is 0 Å². The van der Waals surface area contributed by atoms with Crippen molar-refractivity contribution in [2.45, 2.75) is 32.6 Å². The van der Waals surface area contributed by atoms with Gasteiger partial charge >= 0.3 is 0 Å². The minimum Gasteiger partial charge on any atom is -0.368 e. The Kier molecular flexibility index (Phi) is 5.77. The Balaban J connectivity index is 1.60. The standard InChI is InChI=1S/C26H26ClN5O/c1-3-16(13-17-6-4-5-7-20(17)27)19-8-9-30-26(33)22(19)25-31-21-14-18(24-28-10-11-29-24)12-15(2)23(21)32-25/h4-9,12,14,16H,3,10-11,13H2,1-2H3,(H,28,29)(H,30,33)(H,31,32). The molecule has 33 heavy (non-hydrogen) atoms. The number of pyridine rings is 1. The number of hydrogen-bond donors (Lipinski definition) is 3. The molecule has 3 heterocycles. The third-order valence-electron chi connectivity index (χ3n) is 6.31. The number of fused-ring (bicyclic) bond motifs is 1. The Labute approximate surface area is 197 Å². The summed E-state index contributed by atoms with van der Waals surface area (Å²) in [5, 5.41) is 4.07. The molecule has 0 radical (unpaired) electrons. The molecule has 2 aromatic heterocycles. The molecule has 168 valence electrons. The minimum atomic E-state index is -0.149. The van der Waals surface area contributed by atoms with Crippen LogP contribution in [0.2, 0.25) is 5.02 Å². The van der Waals surface area contributed by atoms with Crippen molar-refractivity contribution in [3.63, 3.8) is 0 Å². The third kappa shape index (κ3) is 4.07. The molecule has 5 rings (SSSR count). The summed E-state index contributed by atoms with van der Waals surface area (Å²) in [6.07, 6.45) is 3.34. The van der Waals surface area contributed by atoms with Gasteiger partial charge in [0, 0.05) is 23.3 Å². The highest BCUT2D eigenvalue weighted by Crippen LogP contribution is 2.33. The lowest BCUT2D eigenvalue weighted by molar-refractivity contribution is 0.659. The SMILES string of the molecule is CCC(Cc1ccccc1Cl)c1cc[nH]c(=O)c1-c1nc2c(C)cc(C3=NCCN3)cc2[nH]1. The van der Waals surface area contributed by atoms with Crippen molar-refractivity contribution in [2.75, 3.05) is 13.1 Å². The number of benzene rings is 2. The molecule has 0 amide bonds. The van der Waals surface area contributed by atoms with Crippen molar-refractivity contribution in [1.82, 2.24) is 20.3 Å². The number of rotatable bonds is 6. The first kappa shape index (κ1) is 21.5. The summed E-state index contributed by atoms with van der Waals surface area (Å²) in [6, 6.07) is 14.0. The molecule has 7 heteroatoms. The van der Waals surface area contributed by atoms with Gasteiger partial charge in [-0.25, -0.2) is 4.98 Å². The van der Waals surface area contributed by atoms with Crippen LogP contribution in [-0.4, -0.2) is 33.9 Å². The van der Waals surface area contributed by atoms with Crippen molar-refractivity contribution >= 4 is 28.5 Å². The summed E-state index contributed by atoms with van der Waals surface area (Å²) in [4.78, 5) is 28.7. The van der Waals surface area contributed by atoms with Gasteiger partial charge in [-0.1, -0.05) is 36.7 Å². The molecule has 0 spiro atoms. The number of aliphatic imine (C=N–C) groups is 1. The molecule has 0 aliphatic carbocycles. The lowest BCUT2D eigenvalue weighted by atomic mass is 9.87. The molecule has 2 aromatic carbocycles. The summed E-state index contributed by atoms with van der Waals surface area (Å²) in [6.45, 7) is 5.81. The van der Waals surface area contributed by atoms with Gasteiger partial charge in [-0.05, 0) is 66.6 Å². The number of nitrogens with zero attached hydrogens (tertiary/aromatic N) is 2. The van der Waals surface area contributed by atoms with E-state index in [4.69, 9.17) is 16.6 Å². The Bertz CT molecular complexity index is 1420. The number of amidine groups is 1. The van der Waals surface area contributed by atoms with Crippen LogP contribution in [0.25, 0.3) is 22.4 Å². The largest absolute Gasteiger partial charge is 0.368 e. The van der Waals surface area contributed by atoms with E-state index in [0.29, 0.717) is 11.4 Å². The van der Waals surface area contributed by atoms with Gasteiger partial charge in [-0.15, -0.1) is 0 Å². The molecule has 4 aromatic rings. The Morgan fingerprint density at radius 2 is 2.03 bits per heavy atom. The molecule has 0 fully saturated rings. The summed E-state index contributed by atoms with van der Waals surface area (Å²) in [5.74, 6) is 1.62. The Hall–Kier alpha value is -3.38. The van der Waals surface area contributed by atoms with E-state index in [0.717, 1.165) is 70.1 Å². The number of aromatic nitrogens is 3. The van der Waals surface area contributed by atoms with Gasteiger partial charge in [0.2, 0.25) is 0 Å². The van der Waals surface area contributed by atoms with Gasteiger partial charge in [-0.3, -0.25) is 9.79 Å². The highest BCUT2D eigenvalue weighted by atomic mass is 35.5. The van der Waals surface area contributed by atoms with Crippen LogP contribution in [0.3, 0.4) is 0 Å². The van der Waals surface area contributed by atoms with Crippen molar-refractivity contribution in [2.24, 2.45) is 4.99 Å². The van der Waals surface area contributed by atoms with Crippen LogP contribution in [0.4, 0.5) is 0 Å². The van der Waals surface area contributed by atoms with E-state index in [9.17, 15) is 4.79 Å². The van der Waals surface area contributed by atoms with Gasteiger partial charge < -0.3 is 15.3 Å². The maximum Gasteiger partial charge on any atom is 0.259 e. The normalized spacial score (nSPS) is 14.3. The minimum absolute atomic E-state index is 0.129. The predicted molar refractivity (Wildman–Crippen MR) is 134 cm³/mol. The molecular formula is C26H26ClN5O. The maximum atomic E-state index is 13.0. The first-order chi connectivity index (χ1) is 16.0. The van der Waals surface area contributed by atoms with Crippen LogP contribution in [0.15, 0.2) is 58.4 Å². The molecule has 3 N–H and O–H groups in total. The Morgan fingerprint density at radius 1 is 1.18 bits per heavy atom. The number of hydrogen-bond acceptors (Lipinski definition) is 4. The fraction of sp³-hybridized carbons (Fsp3) is 0.269. The summed E-state index contributed by atoms with van der Waals surface area (Å²) in [5.41, 5.74) is 6.31. The molecule has 1 atom stereocenters. The average molecular weight is 460 g/mol. The Morgan fingerprint density at radius 3 is 2.79 bits per heavy atom. The predicted octanol–water partition coefficient (Wildman–Crippen LogP) is 4.97. The van der Waals surface area contributed by atoms with E-state index in [-0.39, 0.29) is 11.5 Å². The zero-order valence-corrected chi connectivity index (χ0v) is 19.5. The van der Waals surface area contributed by atoms with E-state index in [1.54, 1.807) is 6.20 Å². The van der Waals surface area contributed by atoms with Gasteiger partial charge in [0.15, 0.2) is 0 Å². The van der Waals surface area contributed by atoms with E-state index < -0.39 is 0 Å². The monoisotopic (exact) mass is 459 g/mol. The van der Waals surface area contributed by atoms with Crippen molar-refractivity contribution in [3.8, 4) is 11.4 Å². The molecule has 0 saturated carbocycles. The fourth-order valence-corrected chi connectivity index (χ4v) is 4.83. The van der Waals surface area contributed by atoms with Gasteiger partial charge in [0.25, 0.3) is 5.56 Å². The highest BCUT2D eigenvalue weighted by Gasteiger charge is 2.22. The zero-order valence-electron chi connectivity index (χ0n) is 18.7. The van der Waals surface area contributed by atoms with Crippen LogP contribution in [0, 0.1) is 6.92 Å². The number of nitrogens with one attached hydrogen (secondary N) is 3. The maximum absolute atomic E-state index is 13.0. The highest BCUT2D eigenvalue weighted by molar-refractivity contribution is 6.31. The van der Waals surface area contributed by atoms with Crippen LogP contribution in [0.1, 0.15) is 41.5 Å². The van der Waals surface area contributed by atoms with Gasteiger partial charge in [0.05, 0.1) is 23.1 Å². The average Bonchev–Trinajstić information content (AvgIpc) is 3.49. The van der Waals surface area contributed by atoms with Crippen LogP contribution >= 0.6 is 11.6 Å². The van der Waals surface area contributed by atoms with Crippen molar-refractivity contribution in [1.29, 1.82) is 0 Å². The number of halogens is 1. The van der Waals surface area contributed by atoms with Gasteiger partial charge in [-0.2, -0.15) is 0 Å². The third-order valence-corrected chi connectivity index (χ3v) is 6.68. The molecule has 6 nitrogen and oxygen atoms in total. The number of aryl methyl sites for hydroxylation is 1. The second-order valence-corrected chi connectivity index (χ2v) is 8.88. The molecule has 0 bridgehead atoms. The summed E-state index contributed by atoms with van der Waals surface area (Å²) in [7, 11) is 0. The second kappa shape index (κ2) is 8.87. The smallest absolute Gasteiger partial charge is 0.259 e. The second-order valence-electron chi connectivity index (χ2n) is 8.47. The van der Waals surface area contributed by atoms with E-state index in [2.05, 4.69) is 33.3 Å².